The van der Waals surface area contributed by atoms with Crippen LogP contribution in [0.5, 0.6) is 0 Å². The van der Waals surface area contributed by atoms with Crippen molar-refractivity contribution in [3.8, 4) is 34.6 Å². The number of carbonyl (C=O) groups excluding carboxylic acids is 1. The molecule has 6 aromatic carbocycles. The van der Waals surface area contributed by atoms with Crippen LogP contribution in [0.15, 0.2) is 138 Å². The van der Waals surface area contributed by atoms with Gasteiger partial charge in [0.25, 0.3) is 5.56 Å². The lowest BCUT2D eigenvalue weighted by Gasteiger charge is -2.19. The lowest BCUT2D eigenvalue weighted by Crippen LogP contribution is -2.30. The predicted octanol–water partition coefficient (Wildman–Crippen LogP) is 9.38. The average Bonchev–Trinajstić information content (AvgIpc) is 1.65. The molecule has 12 aromatic rings. The molecule has 12 N–H and O–H groups in total. The van der Waals surface area contributed by atoms with E-state index in [1.165, 1.54) is 62.6 Å². The first-order valence-corrected chi connectivity index (χ1v) is 28.2. The molecule has 1 aliphatic heterocycles. The number of anilines is 6. The van der Waals surface area contributed by atoms with Crippen LogP contribution in [0.2, 0.25) is 0 Å². The highest BCUT2D eigenvalue weighted by atomic mass is 19.2. The first kappa shape index (κ1) is 62.3. The van der Waals surface area contributed by atoms with Gasteiger partial charge in [-0.05, 0) is 56.7 Å². The number of H-pyrrole nitrogens is 1. The van der Waals surface area contributed by atoms with Crippen LogP contribution in [0, 0.1) is 46.6 Å². The van der Waals surface area contributed by atoms with Gasteiger partial charge in [0, 0.05) is 46.0 Å². The second-order valence-electron chi connectivity index (χ2n) is 21.7. The third kappa shape index (κ3) is 13.2. The minimum absolute atomic E-state index is 0.000663. The normalized spacial score (nSPS) is 13.0. The van der Waals surface area contributed by atoms with E-state index in [0.717, 1.165) is 6.20 Å². The van der Waals surface area contributed by atoms with E-state index >= 15 is 0 Å². The molecular weight excluding hydrogens is 1210 g/mol. The van der Waals surface area contributed by atoms with Gasteiger partial charge in [0.15, 0.2) is 40.7 Å². The van der Waals surface area contributed by atoms with E-state index in [2.05, 4.69) is 55.8 Å². The molecule has 1 unspecified atom stereocenters. The monoisotopic (exact) mass is 1260 g/mol. The third-order valence-electron chi connectivity index (χ3n) is 14.6. The molecule has 0 saturated carbocycles. The number of aromatic nitrogens is 12. The third-order valence-corrected chi connectivity index (χ3v) is 14.6. The van der Waals surface area contributed by atoms with Crippen molar-refractivity contribution in [2.24, 2.45) is 5.92 Å². The van der Waals surface area contributed by atoms with Crippen LogP contribution >= 0.6 is 0 Å². The molecule has 1 saturated heterocycles. The topological polar surface area (TPSA) is 325 Å². The zero-order chi connectivity index (χ0) is 65.1. The number of aliphatic hydroxyl groups is 1. The van der Waals surface area contributed by atoms with E-state index in [0.29, 0.717) is 52.5 Å². The molecular formula is C63H55F7N18O4. The predicted molar refractivity (Wildman–Crippen MR) is 331 cm³/mol. The molecule has 1 aliphatic rings. The van der Waals surface area contributed by atoms with Gasteiger partial charge in [0.1, 0.15) is 79.9 Å². The van der Waals surface area contributed by atoms with Gasteiger partial charge >= 0.3 is 0 Å². The summed E-state index contributed by atoms with van der Waals surface area (Å²) in [6.45, 7) is 4.26. The Labute approximate surface area is 516 Å². The van der Waals surface area contributed by atoms with Gasteiger partial charge in [-0.2, -0.15) is 19.7 Å². The number of nitrogens with two attached hydrogens (primary N) is 4. The number of hydrogen-bond donors (Lipinski definition) is 8. The Balaban J connectivity index is 0.000000143. The summed E-state index contributed by atoms with van der Waals surface area (Å²) in [4.78, 5) is 47.2. The second kappa shape index (κ2) is 26.0. The number of nitrogen functional groups attached to an aromatic ring is 4. The molecule has 0 spiro atoms. The van der Waals surface area contributed by atoms with Crippen molar-refractivity contribution in [2.45, 2.75) is 45.5 Å². The largest absolute Gasteiger partial charge is 0.389 e. The SMILES string of the molecule is CC(C)(O)CNc1c(N)nc(-c2nn(Cc3ccccc3F)c3c(F)cccc23)nc1N.Nc1nc(-c2nn(Cc3ccccc3F)c3c(F)cccc23)nc(N)c1NC(=O)C1CCOC1.O=c1[nH]c(-c2nn(Cc3ccccc3F)c3c(F)cccc23)ncc1F. The lowest BCUT2D eigenvalue weighted by atomic mass is 10.1. The molecule has 470 valence electrons. The first-order chi connectivity index (χ1) is 44.1. The number of carbonyl (C=O) groups is 1. The maximum Gasteiger partial charge on any atom is 0.287 e. The van der Waals surface area contributed by atoms with E-state index < -0.39 is 51.9 Å². The van der Waals surface area contributed by atoms with E-state index in [9.17, 15) is 45.4 Å². The lowest BCUT2D eigenvalue weighted by molar-refractivity contribution is -0.119. The Bertz CT molecular complexity index is 4790. The number of benzene rings is 6. The summed E-state index contributed by atoms with van der Waals surface area (Å²) < 4.78 is 109. The molecule has 7 heterocycles. The molecule has 1 atom stereocenters. The van der Waals surface area contributed by atoms with Crippen LogP contribution in [0.4, 0.5) is 65.4 Å². The van der Waals surface area contributed by atoms with Crippen molar-refractivity contribution >= 4 is 73.3 Å². The van der Waals surface area contributed by atoms with Gasteiger partial charge in [-0.3, -0.25) is 23.6 Å². The van der Waals surface area contributed by atoms with Crippen molar-refractivity contribution in [3.63, 3.8) is 0 Å². The van der Waals surface area contributed by atoms with Crippen LogP contribution in [0.25, 0.3) is 67.3 Å². The van der Waals surface area contributed by atoms with Gasteiger partial charge in [-0.15, -0.1) is 0 Å². The average molecular weight is 1260 g/mol. The number of nitrogens with one attached hydrogen (secondary N) is 3. The standard InChI is InChI=1S/C23H21F2N7O2.C22H23F2N7O.C18H11F3N4O/c24-15-6-2-1-4-12(15)10-32-19-14(5-3-7-16(19)25)17(31-32)22-29-20(26)18(21(27)30-22)28-23(33)13-8-9-34-11-13;1-22(2,32)11-27-17-19(25)28-21(29-20(17)26)16-13-7-5-9-15(24)18(13)31(30-16)10-12-6-3-4-8-14(12)23;19-12-6-2-1-4-10(12)9-25-16-11(5-3-7-13(16)20)15(24-25)17-22-8-14(21)18(26)23-17/h1-7,13H,8-11H2,(H,28,33)(H4,26,27,29,30);3-9,27,32H,10-11H2,1-2H3,(H4,25,26,28,29);1-8H,9H2,(H,22,23,26). The molecule has 6 aromatic heterocycles. The molecule has 92 heavy (non-hydrogen) atoms. The number of fused-ring (bicyclic) bond motifs is 3. The van der Waals surface area contributed by atoms with Crippen LogP contribution in [0.1, 0.15) is 37.0 Å². The van der Waals surface area contributed by atoms with Gasteiger partial charge in [-0.25, -0.2) is 51.3 Å². The fraction of sp³-hybridized carbons (Fsp3) is 0.175. The number of amides is 1. The van der Waals surface area contributed by atoms with Gasteiger partial charge in [-0.1, -0.05) is 91.0 Å². The maximum absolute atomic E-state index is 14.8. The van der Waals surface area contributed by atoms with E-state index in [1.807, 2.05) is 0 Å². The van der Waals surface area contributed by atoms with E-state index in [4.69, 9.17) is 27.7 Å². The summed E-state index contributed by atoms with van der Waals surface area (Å²) in [6, 6.07) is 31.9. The molecule has 0 aliphatic carbocycles. The summed E-state index contributed by atoms with van der Waals surface area (Å²) >= 11 is 0. The summed E-state index contributed by atoms with van der Waals surface area (Å²) in [5.74, 6) is -4.33. The van der Waals surface area contributed by atoms with Gasteiger partial charge in [0.05, 0.1) is 44.0 Å². The molecule has 22 nitrogen and oxygen atoms in total. The number of ether oxygens (including phenoxy) is 1. The number of para-hydroxylation sites is 3. The molecule has 29 heteroatoms. The maximum atomic E-state index is 14.8. The highest BCUT2D eigenvalue weighted by Crippen LogP contribution is 2.35. The highest BCUT2D eigenvalue weighted by molar-refractivity contribution is 5.99. The fourth-order valence-corrected chi connectivity index (χ4v) is 10.1. The Hall–Kier alpha value is -11.3. The number of rotatable bonds is 14. The van der Waals surface area contributed by atoms with E-state index in [-0.39, 0.29) is 124 Å². The fourth-order valence-electron chi connectivity index (χ4n) is 10.1. The summed E-state index contributed by atoms with van der Waals surface area (Å²) in [7, 11) is 0. The smallest absolute Gasteiger partial charge is 0.287 e. The number of halogens is 7. The van der Waals surface area contributed by atoms with Crippen molar-refractivity contribution in [1.82, 2.24) is 59.2 Å². The Morgan fingerprint density at radius 3 is 1.35 bits per heavy atom. The zero-order valence-corrected chi connectivity index (χ0v) is 48.8. The molecule has 1 fully saturated rings. The van der Waals surface area contributed by atoms with Crippen LogP contribution in [0.3, 0.4) is 0 Å². The van der Waals surface area contributed by atoms with Crippen molar-refractivity contribution in [2.75, 3.05) is 53.3 Å². The Morgan fingerprint density at radius 2 is 0.957 bits per heavy atom. The van der Waals surface area contributed by atoms with Crippen LogP contribution in [-0.2, 0) is 29.2 Å². The van der Waals surface area contributed by atoms with E-state index in [1.54, 1.807) is 92.7 Å². The minimum atomic E-state index is -1.03. The number of aromatic amines is 1. The molecule has 1 amide bonds. The Kier molecular flexibility index (Phi) is 17.6. The van der Waals surface area contributed by atoms with Crippen LogP contribution in [-0.4, -0.2) is 95.6 Å². The van der Waals surface area contributed by atoms with Gasteiger partial charge < -0.3 is 48.4 Å². The van der Waals surface area contributed by atoms with Crippen molar-refractivity contribution < 1.29 is 45.4 Å². The number of hydrogen-bond acceptors (Lipinski definition) is 17. The summed E-state index contributed by atoms with van der Waals surface area (Å²) in [5.41, 5.74) is 25.0. The van der Waals surface area contributed by atoms with Crippen molar-refractivity contribution in [3.05, 3.63) is 201 Å². The van der Waals surface area contributed by atoms with Gasteiger partial charge in [0.2, 0.25) is 11.7 Å². The minimum Gasteiger partial charge on any atom is -0.389 e. The van der Waals surface area contributed by atoms with Crippen LogP contribution < -0.4 is 39.1 Å². The second-order valence-corrected chi connectivity index (χ2v) is 21.7. The summed E-state index contributed by atoms with van der Waals surface area (Å²) in [5, 5.41) is 30.0. The number of nitrogens with zero attached hydrogens (tertiary/aromatic N) is 11. The quantitative estimate of drug-likeness (QED) is 0.0470. The summed E-state index contributed by atoms with van der Waals surface area (Å²) in [6.07, 6.45) is 1.37. The molecule has 0 bridgehead atoms. The molecule has 13 rings (SSSR count). The highest BCUT2D eigenvalue weighted by Gasteiger charge is 2.28. The zero-order valence-electron chi connectivity index (χ0n) is 48.8. The first-order valence-electron chi connectivity index (χ1n) is 28.2. The molecule has 0 radical (unpaired) electrons. The Morgan fingerprint density at radius 1 is 0.565 bits per heavy atom. The van der Waals surface area contributed by atoms with Crippen molar-refractivity contribution in [1.29, 1.82) is 0 Å².